The van der Waals surface area contributed by atoms with Gasteiger partial charge in [-0.25, -0.2) is 0 Å². The molecule has 1 aliphatic carbocycles. The van der Waals surface area contributed by atoms with Gasteiger partial charge in [0, 0.05) is 12.0 Å². The zero-order valence-electron chi connectivity index (χ0n) is 19.4. The highest BCUT2D eigenvalue weighted by atomic mass is 16.5. The van der Waals surface area contributed by atoms with Gasteiger partial charge in [-0.05, 0) is 24.7 Å². The van der Waals surface area contributed by atoms with Crippen LogP contribution in [-0.2, 0) is 9.53 Å². The molecule has 0 bridgehead atoms. The van der Waals surface area contributed by atoms with E-state index in [0.717, 1.165) is 25.7 Å². The van der Waals surface area contributed by atoms with Gasteiger partial charge in [0.2, 0.25) is 0 Å². The number of aliphatic hydroxyl groups is 4. The number of ketones is 1. The van der Waals surface area contributed by atoms with Crippen LogP contribution in [0.4, 0.5) is 0 Å². The number of carbonyl (C=O) groups excluding carboxylic acids is 1. The summed E-state index contributed by atoms with van der Waals surface area (Å²) in [6.45, 7) is 3.91. The molecule has 2 unspecified atom stereocenters. The first-order valence-electron chi connectivity index (χ1n) is 12.5. The van der Waals surface area contributed by atoms with Crippen LogP contribution in [0.1, 0.15) is 90.9 Å². The molecular weight excluding hydrogens is 396 g/mol. The van der Waals surface area contributed by atoms with Crippen LogP contribution in [0.3, 0.4) is 0 Å². The summed E-state index contributed by atoms with van der Waals surface area (Å²) < 4.78 is 5.69. The SMILES string of the molecule is CCCCCCCC1CC(=O)C([C@@H]2O[C@H](CO)[C@@H](O)[C@H](O)[C@@H]2O)=CC1CCCCCC. The van der Waals surface area contributed by atoms with Crippen LogP contribution in [0.25, 0.3) is 0 Å². The molecule has 1 saturated heterocycles. The number of allylic oxidation sites excluding steroid dienone is 1. The average Bonchev–Trinajstić information content (AvgIpc) is 2.76. The Bertz CT molecular complexity index is 560. The molecule has 0 amide bonds. The third kappa shape index (κ3) is 7.36. The second-order valence-electron chi connectivity index (χ2n) is 9.47. The molecule has 0 radical (unpaired) electrons. The molecule has 2 aliphatic rings. The molecule has 4 N–H and O–H groups in total. The first kappa shape index (κ1) is 26.5. The monoisotopic (exact) mass is 440 g/mol. The zero-order valence-corrected chi connectivity index (χ0v) is 19.4. The fourth-order valence-electron chi connectivity index (χ4n) is 5.03. The van der Waals surface area contributed by atoms with Crippen molar-refractivity contribution in [2.24, 2.45) is 11.8 Å². The van der Waals surface area contributed by atoms with E-state index in [1.807, 2.05) is 6.08 Å². The largest absolute Gasteiger partial charge is 0.394 e. The molecule has 1 heterocycles. The van der Waals surface area contributed by atoms with Gasteiger partial charge in [-0.3, -0.25) is 4.79 Å². The van der Waals surface area contributed by atoms with Crippen molar-refractivity contribution in [2.75, 3.05) is 6.61 Å². The summed E-state index contributed by atoms with van der Waals surface area (Å²) in [5.41, 5.74) is 0.402. The standard InChI is InChI=1S/C25H44O6/c1-3-5-7-9-11-13-18-15-20(27)19(14-17(18)12-10-8-6-4-2)25-24(30)23(29)22(28)21(16-26)31-25/h14,17-18,21-26,28-30H,3-13,15-16H2,1-2H3/t17?,18?,21-,22-,23+,24+,25+/m1/s1. The van der Waals surface area contributed by atoms with E-state index in [1.54, 1.807) is 0 Å². The Hall–Kier alpha value is -0.790. The Labute approximate surface area is 187 Å². The first-order valence-corrected chi connectivity index (χ1v) is 12.5. The molecule has 2 rings (SSSR count). The van der Waals surface area contributed by atoms with Gasteiger partial charge in [-0.2, -0.15) is 0 Å². The highest BCUT2D eigenvalue weighted by Gasteiger charge is 2.47. The summed E-state index contributed by atoms with van der Waals surface area (Å²) >= 11 is 0. The van der Waals surface area contributed by atoms with E-state index < -0.39 is 37.1 Å². The number of ether oxygens (including phenoxy) is 1. The molecule has 6 heteroatoms. The second kappa shape index (κ2) is 13.7. The van der Waals surface area contributed by atoms with Gasteiger partial charge in [-0.15, -0.1) is 0 Å². The first-order chi connectivity index (χ1) is 14.9. The van der Waals surface area contributed by atoms with Gasteiger partial charge in [0.25, 0.3) is 0 Å². The summed E-state index contributed by atoms with van der Waals surface area (Å²) in [5.74, 6) is 0.514. The molecule has 0 spiro atoms. The summed E-state index contributed by atoms with van der Waals surface area (Å²) in [7, 11) is 0. The maximum Gasteiger partial charge on any atom is 0.161 e. The predicted octanol–water partition coefficient (Wildman–Crippen LogP) is 3.29. The second-order valence-corrected chi connectivity index (χ2v) is 9.47. The average molecular weight is 441 g/mol. The van der Waals surface area contributed by atoms with E-state index in [9.17, 15) is 25.2 Å². The molecule has 1 fully saturated rings. The van der Waals surface area contributed by atoms with Gasteiger partial charge < -0.3 is 25.2 Å². The van der Waals surface area contributed by atoms with Gasteiger partial charge in [0.05, 0.1) is 6.61 Å². The van der Waals surface area contributed by atoms with E-state index in [2.05, 4.69) is 13.8 Å². The maximum atomic E-state index is 13.0. The number of carbonyl (C=O) groups is 1. The topological polar surface area (TPSA) is 107 Å². The van der Waals surface area contributed by atoms with Crippen molar-refractivity contribution in [1.82, 2.24) is 0 Å². The molecule has 6 nitrogen and oxygen atoms in total. The van der Waals surface area contributed by atoms with Crippen LogP contribution in [0, 0.1) is 11.8 Å². The lowest BCUT2D eigenvalue weighted by molar-refractivity contribution is -0.220. The van der Waals surface area contributed by atoms with Crippen LogP contribution in [0.15, 0.2) is 11.6 Å². The van der Waals surface area contributed by atoms with Crippen molar-refractivity contribution >= 4 is 5.78 Å². The lowest BCUT2D eigenvalue weighted by atomic mass is 9.73. The third-order valence-electron chi connectivity index (χ3n) is 7.04. The summed E-state index contributed by atoms with van der Waals surface area (Å²) in [6.07, 6.45) is 8.91. The van der Waals surface area contributed by atoms with Crippen molar-refractivity contribution in [3.8, 4) is 0 Å². The Balaban J connectivity index is 2.12. The van der Waals surface area contributed by atoms with Crippen LogP contribution >= 0.6 is 0 Å². The van der Waals surface area contributed by atoms with E-state index in [1.165, 1.54) is 44.9 Å². The fourth-order valence-corrected chi connectivity index (χ4v) is 5.03. The van der Waals surface area contributed by atoms with E-state index in [-0.39, 0.29) is 11.7 Å². The van der Waals surface area contributed by atoms with Gasteiger partial charge in [-0.1, -0.05) is 77.7 Å². The molecule has 1 aliphatic heterocycles. The van der Waals surface area contributed by atoms with Crippen molar-refractivity contribution in [3.05, 3.63) is 11.6 Å². The van der Waals surface area contributed by atoms with Crippen molar-refractivity contribution in [1.29, 1.82) is 0 Å². The van der Waals surface area contributed by atoms with Crippen molar-refractivity contribution < 1.29 is 30.0 Å². The highest BCUT2D eigenvalue weighted by molar-refractivity contribution is 5.97. The van der Waals surface area contributed by atoms with E-state index in [0.29, 0.717) is 17.9 Å². The molecule has 0 aromatic carbocycles. The molecule has 0 aromatic heterocycles. The zero-order chi connectivity index (χ0) is 22.8. The number of hydrogen-bond acceptors (Lipinski definition) is 6. The quantitative estimate of drug-likeness (QED) is 0.327. The van der Waals surface area contributed by atoms with Crippen molar-refractivity contribution in [2.45, 2.75) is 121 Å². The van der Waals surface area contributed by atoms with E-state index in [4.69, 9.17) is 4.74 Å². The summed E-state index contributed by atoms with van der Waals surface area (Å²) in [5, 5.41) is 40.2. The Morgan fingerprint density at radius 3 is 2.13 bits per heavy atom. The molecular formula is C25H44O6. The van der Waals surface area contributed by atoms with Crippen LogP contribution in [0.2, 0.25) is 0 Å². The van der Waals surface area contributed by atoms with Gasteiger partial charge in [0.15, 0.2) is 5.78 Å². The minimum absolute atomic E-state index is 0.0484. The van der Waals surface area contributed by atoms with Gasteiger partial charge >= 0.3 is 0 Å². The predicted molar refractivity (Wildman–Crippen MR) is 121 cm³/mol. The normalized spacial score (nSPS) is 34.1. The maximum absolute atomic E-state index is 13.0. The third-order valence-corrected chi connectivity index (χ3v) is 7.04. The summed E-state index contributed by atoms with van der Waals surface area (Å²) in [6, 6.07) is 0. The van der Waals surface area contributed by atoms with Crippen LogP contribution in [0.5, 0.6) is 0 Å². The number of unbranched alkanes of at least 4 members (excludes halogenated alkanes) is 7. The minimum Gasteiger partial charge on any atom is -0.394 e. The minimum atomic E-state index is -1.45. The Morgan fingerprint density at radius 2 is 1.48 bits per heavy atom. The van der Waals surface area contributed by atoms with Gasteiger partial charge in [0.1, 0.15) is 30.5 Å². The molecule has 7 atom stereocenters. The fraction of sp³-hybridized carbons (Fsp3) is 0.880. The molecule has 31 heavy (non-hydrogen) atoms. The number of aliphatic hydroxyl groups excluding tert-OH is 4. The highest BCUT2D eigenvalue weighted by Crippen LogP contribution is 2.38. The Kier molecular flexibility index (Phi) is 11.7. The lowest BCUT2D eigenvalue weighted by Crippen LogP contribution is -2.59. The van der Waals surface area contributed by atoms with Crippen LogP contribution < -0.4 is 0 Å². The molecule has 0 aromatic rings. The summed E-state index contributed by atoms with van der Waals surface area (Å²) in [4.78, 5) is 13.0. The van der Waals surface area contributed by atoms with E-state index >= 15 is 0 Å². The molecule has 180 valence electrons. The number of Topliss-reactive ketones (excluding diaryl/α,β-unsaturated/α-hetero) is 1. The smallest absolute Gasteiger partial charge is 0.161 e. The number of hydrogen-bond donors (Lipinski definition) is 4. The Morgan fingerprint density at radius 1 is 0.871 bits per heavy atom. The lowest BCUT2D eigenvalue weighted by Gasteiger charge is -2.42. The molecule has 0 saturated carbocycles. The number of rotatable bonds is 13. The van der Waals surface area contributed by atoms with Crippen molar-refractivity contribution in [3.63, 3.8) is 0 Å². The van der Waals surface area contributed by atoms with Crippen LogP contribution in [-0.4, -0.2) is 63.3 Å².